The lowest BCUT2D eigenvalue weighted by Gasteiger charge is -2.22. The molecule has 0 aliphatic heterocycles. The molecule has 0 aliphatic rings. The summed E-state index contributed by atoms with van der Waals surface area (Å²) in [4.78, 5) is 1.57. The lowest BCUT2D eigenvalue weighted by Crippen LogP contribution is -2.30. The first-order valence-corrected chi connectivity index (χ1v) is 5.58. The van der Waals surface area contributed by atoms with E-state index < -0.39 is 11.7 Å². The number of alkyl halides is 3. The molecular weight excluding hydrogens is 247 g/mol. The molecule has 0 atom stereocenters. The fourth-order valence-electron chi connectivity index (χ4n) is 1.73. The van der Waals surface area contributed by atoms with Crippen molar-refractivity contribution in [3.8, 4) is 0 Å². The second kappa shape index (κ2) is 6.72. The van der Waals surface area contributed by atoms with Crippen molar-refractivity contribution in [1.82, 2.24) is 4.90 Å². The van der Waals surface area contributed by atoms with Crippen LogP contribution in [0.3, 0.4) is 0 Å². The van der Waals surface area contributed by atoms with Gasteiger partial charge in [0.1, 0.15) is 0 Å². The molecule has 6 heteroatoms. The topological polar surface area (TPSA) is 43.7 Å². The minimum absolute atomic E-state index is 0.0524. The van der Waals surface area contributed by atoms with Crippen LogP contribution in [0.25, 0.3) is 0 Å². The summed E-state index contributed by atoms with van der Waals surface area (Å²) in [5.74, 6) is 0. The average molecular weight is 263 g/mol. The summed E-state index contributed by atoms with van der Waals surface area (Å²) >= 11 is 0. The van der Waals surface area contributed by atoms with Gasteiger partial charge in [-0.2, -0.15) is 13.2 Å². The standard InChI is InChI=1S/C12H16F3NO2/c13-12(14,15)11-4-2-1-3-10(11)9-16(5-7-17)6-8-18/h1-4,17-18H,5-9H2. The van der Waals surface area contributed by atoms with Gasteiger partial charge in [-0.25, -0.2) is 0 Å². The van der Waals surface area contributed by atoms with Gasteiger partial charge in [0.25, 0.3) is 0 Å². The summed E-state index contributed by atoms with van der Waals surface area (Å²) in [5, 5.41) is 17.6. The molecule has 18 heavy (non-hydrogen) atoms. The second-order valence-electron chi connectivity index (χ2n) is 3.88. The van der Waals surface area contributed by atoms with Crippen molar-refractivity contribution < 1.29 is 23.4 Å². The van der Waals surface area contributed by atoms with E-state index in [-0.39, 0.29) is 38.4 Å². The average Bonchev–Trinajstić information content (AvgIpc) is 2.29. The van der Waals surface area contributed by atoms with E-state index in [1.807, 2.05) is 0 Å². The van der Waals surface area contributed by atoms with Crippen molar-refractivity contribution in [2.45, 2.75) is 12.7 Å². The van der Waals surface area contributed by atoms with Gasteiger partial charge in [-0.15, -0.1) is 0 Å². The minimum Gasteiger partial charge on any atom is -0.395 e. The normalized spacial score (nSPS) is 12.1. The fourth-order valence-corrected chi connectivity index (χ4v) is 1.73. The van der Waals surface area contributed by atoms with Crippen LogP contribution in [0, 0.1) is 0 Å². The first-order valence-electron chi connectivity index (χ1n) is 5.58. The van der Waals surface area contributed by atoms with Gasteiger partial charge < -0.3 is 10.2 Å². The fraction of sp³-hybridized carbons (Fsp3) is 0.500. The Morgan fingerprint density at radius 1 is 1.00 bits per heavy atom. The molecule has 0 unspecified atom stereocenters. The first kappa shape index (κ1) is 14.9. The van der Waals surface area contributed by atoms with E-state index in [0.717, 1.165) is 6.07 Å². The molecule has 0 saturated heterocycles. The molecule has 0 aromatic heterocycles. The highest BCUT2D eigenvalue weighted by Crippen LogP contribution is 2.32. The Morgan fingerprint density at radius 2 is 1.56 bits per heavy atom. The number of benzene rings is 1. The van der Waals surface area contributed by atoms with Crippen molar-refractivity contribution >= 4 is 0 Å². The molecule has 0 amide bonds. The molecule has 0 saturated carbocycles. The van der Waals surface area contributed by atoms with E-state index in [2.05, 4.69) is 0 Å². The van der Waals surface area contributed by atoms with Crippen LogP contribution < -0.4 is 0 Å². The summed E-state index contributed by atoms with van der Waals surface area (Å²) in [6.07, 6.45) is -4.39. The predicted octanol–water partition coefficient (Wildman–Crippen LogP) is 1.49. The van der Waals surface area contributed by atoms with E-state index in [0.29, 0.717) is 0 Å². The summed E-state index contributed by atoms with van der Waals surface area (Å²) < 4.78 is 38.3. The van der Waals surface area contributed by atoms with E-state index in [1.165, 1.54) is 12.1 Å². The molecule has 0 radical (unpaired) electrons. The van der Waals surface area contributed by atoms with Crippen molar-refractivity contribution in [1.29, 1.82) is 0 Å². The van der Waals surface area contributed by atoms with Crippen molar-refractivity contribution in [3.63, 3.8) is 0 Å². The third-order valence-corrected chi connectivity index (χ3v) is 2.55. The molecule has 2 N–H and O–H groups in total. The number of aliphatic hydroxyl groups excluding tert-OH is 2. The SMILES string of the molecule is OCCN(CCO)Cc1ccccc1C(F)(F)F. The molecule has 0 bridgehead atoms. The number of halogens is 3. The Hall–Kier alpha value is -1.11. The van der Waals surface area contributed by atoms with Gasteiger partial charge in [0, 0.05) is 19.6 Å². The zero-order valence-corrected chi connectivity index (χ0v) is 9.82. The largest absolute Gasteiger partial charge is 0.416 e. The predicted molar refractivity (Wildman–Crippen MR) is 60.9 cm³/mol. The zero-order valence-electron chi connectivity index (χ0n) is 9.82. The van der Waals surface area contributed by atoms with Crippen molar-refractivity contribution in [2.24, 2.45) is 0 Å². The lowest BCUT2D eigenvalue weighted by molar-refractivity contribution is -0.138. The molecule has 0 heterocycles. The van der Waals surface area contributed by atoms with E-state index in [4.69, 9.17) is 10.2 Å². The van der Waals surface area contributed by atoms with Gasteiger partial charge in [0.05, 0.1) is 18.8 Å². The zero-order chi connectivity index (χ0) is 13.6. The summed E-state index contributed by atoms with van der Waals surface area (Å²) in [5.41, 5.74) is -0.530. The number of aliphatic hydroxyl groups is 2. The number of nitrogens with zero attached hydrogens (tertiary/aromatic N) is 1. The quantitative estimate of drug-likeness (QED) is 0.817. The van der Waals surface area contributed by atoms with Crippen LogP contribution in [0.1, 0.15) is 11.1 Å². The summed E-state index contributed by atoms with van der Waals surface area (Å²) in [7, 11) is 0. The highest BCUT2D eigenvalue weighted by molar-refractivity contribution is 5.29. The first-order chi connectivity index (χ1) is 8.49. The van der Waals surface area contributed by atoms with Gasteiger partial charge in [0.15, 0.2) is 0 Å². The maximum atomic E-state index is 12.8. The summed E-state index contributed by atoms with van der Waals surface area (Å²) in [6.45, 7) is 0.193. The molecule has 1 aromatic carbocycles. The Kier molecular flexibility index (Phi) is 5.58. The maximum Gasteiger partial charge on any atom is 0.416 e. The van der Waals surface area contributed by atoms with E-state index in [9.17, 15) is 13.2 Å². The Bertz CT molecular complexity index is 363. The number of hydrogen-bond donors (Lipinski definition) is 2. The van der Waals surface area contributed by atoms with E-state index >= 15 is 0 Å². The Morgan fingerprint density at radius 3 is 2.06 bits per heavy atom. The third-order valence-electron chi connectivity index (χ3n) is 2.55. The molecule has 1 aromatic rings. The molecular formula is C12H16F3NO2. The van der Waals surface area contributed by atoms with Crippen molar-refractivity contribution in [2.75, 3.05) is 26.3 Å². The molecule has 0 aliphatic carbocycles. The third kappa shape index (κ3) is 4.29. The van der Waals surface area contributed by atoms with Crippen LogP contribution in [-0.2, 0) is 12.7 Å². The Labute approximate surface area is 103 Å². The van der Waals surface area contributed by atoms with Gasteiger partial charge in [-0.05, 0) is 11.6 Å². The van der Waals surface area contributed by atoms with Crippen LogP contribution in [0.5, 0.6) is 0 Å². The molecule has 102 valence electrons. The van der Waals surface area contributed by atoms with Gasteiger partial charge >= 0.3 is 6.18 Å². The van der Waals surface area contributed by atoms with E-state index in [1.54, 1.807) is 11.0 Å². The smallest absolute Gasteiger partial charge is 0.395 e. The van der Waals surface area contributed by atoms with Crippen LogP contribution in [0.2, 0.25) is 0 Å². The van der Waals surface area contributed by atoms with Crippen LogP contribution >= 0.6 is 0 Å². The highest BCUT2D eigenvalue weighted by atomic mass is 19.4. The van der Waals surface area contributed by atoms with Crippen molar-refractivity contribution in [3.05, 3.63) is 35.4 Å². The molecule has 1 rings (SSSR count). The summed E-state index contributed by atoms with van der Waals surface area (Å²) in [6, 6.07) is 5.32. The number of hydrogen-bond acceptors (Lipinski definition) is 3. The maximum absolute atomic E-state index is 12.8. The van der Waals surface area contributed by atoms with Gasteiger partial charge in [-0.1, -0.05) is 18.2 Å². The Balaban J connectivity index is 2.88. The van der Waals surface area contributed by atoms with Gasteiger partial charge in [0.2, 0.25) is 0 Å². The lowest BCUT2D eigenvalue weighted by atomic mass is 10.1. The highest BCUT2D eigenvalue weighted by Gasteiger charge is 2.33. The monoisotopic (exact) mass is 263 g/mol. The van der Waals surface area contributed by atoms with Gasteiger partial charge in [-0.3, -0.25) is 4.90 Å². The van der Waals surface area contributed by atoms with Crippen LogP contribution in [0.15, 0.2) is 24.3 Å². The molecule has 0 spiro atoms. The number of rotatable bonds is 6. The molecule has 0 fully saturated rings. The molecule has 3 nitrogen and oxygen atoms in total. The second-order valence-corrected chi connectivity index (χ2v) is 3.88. The van der Waals surface area contributed by atoms with Crippen LogP contribution in [-0.4, -0.2) is 41.4 Å². The van der Waals surface area contributed by atoms with Crippen LogP contribution in [0.4, 0.5) is 13.2 Å². The minimum atomic E-state index is -4.39.